The van der Waals surface area contributed by atoms with Crippen LogP contribution in [0, 0.1) is 5.82 Å². The number of amides is 2. The highest BCUT2D eigenvalue weighted by molar-refractivity contribution is 5.89. The monoisotopic (exact) mass is 281 g/mol. The molecule has 20 heavy (non-hydrogen) atoms. The van der Waals surface area contributed by atoms with Crippen molar-refractivity contribution in [2.24, 2.45) is 0 Å². The molecule has 5 nitrogen and oxygen atoms in total. The molecule has 3 N–H and O–H groups in total. The van der Waals surface area contributed by atoms with Gasteiger partial charge in [-0.2, -0.15) is 0 Å². The van der Waals surface area contributed by atoms with Crippen LogP contribution >= 0.6 is 0 Å². The Balaban J connectivity index is 1.61. The van der Waals surface area contributed by atoms with E-state index in [1.165, 1.54) is 12.1 Å². The number of anilines is 1. The van der Waals surface area contributed by atoms with Crippen LogP contribution in [0.1, 0.15) is 12.8 Å². The van der Waals surface area contributed by atoms with Gasteiger partial charge in [-0.1, -0.05) is 12.1 Å². The summed E-state index contributed by atoms with van der Waals surface area (Å²) in [6, 6.07) is 5.63. The van der Waals surface area contributed by atoms with Crippen LogP contribution in [-0.4, -0.2) is 38.4 Å². The third-order valence-electron chi connectivity index (χ3n) is 3.15. The average molecular weight is 281 g/mol. The van der Waals surface area contributed by atoms with Crippen LogP contribution in [-0.2, 0) is 4.74 Å². The molecule has 0 radical (unpaired) electrons. The second-order valence-electron chi connectivity index (χ2n) is 4.68. The summed E-state index contributed by atoms with van der Waals surface area (Å²) in [5, 5.41) is 8.36. The van der Waals surface area contributed by atoms with Crippen molar-refractivity contribution in [3.8, 4) is 0 Å². The van der Waals surface area contributed by atoms with Crippen molar-refractivity contribution in [2.75, 3.05) is 31.6 Å². The van der Waals surface area contributed by atoms with E-state index in [4.69, 9.17) is 4.74 Å². The van der Waals surface area contributed by atoms with Gasteiger partial charge in [-0.05, 0) is 38.1 Å². The molecule has 1 fully saturated rings. The van der Waals surface area contributed by atoms with Crippen LogP contribution in [0.15, 0.2) is 24.3 Å². The Bertz CT molecular complexity index is 436. The SMILES string of the molecule is O=C(NCCOC1CCNCC1)Nc1ccccc1F. The molecule has 110 valence electrons. The molecule has 2 amide bonds. The zero-order valence-corrected chi connectivity index (χ0v) is 11.3. The summed E-state index contributed by atoms with van der Waals surface area (Å²) in [4.78, 5) is 11.6. The summed E-state index contributed by atoms with van der Waals surface area (Å²) in [6.45, 7) is 2.83. The van der Waals surface area contributed by atoms with Crippen LogP contribution < -0.4 is 16.0 Å². The highest BCUT2D eigenvalue weighted by atomic mass is 19.1. The zero-order chi connectivity index (χ0) is 14.2. The third kappa shape index (κ3) is 4.79. The molecule has 1 heterocycles. The number of piperidine rings is 1. The standard InChI is InChI=1S/C14H20FN3O2/c15-12-3-1-2-4-13(12)18-14(19)17-9-10-20-11-5-7-16-8-6-11/h1-4,11,16H,5-10H2,(H2,17,18,19). The molecule has 2 rings (SSSR count). The number of carbonyl (C=O) groups excluding carboxylic acids is 1. The van der Waals surface area contributed by atoms with Gasteiger partial charge < -0.3 is 20.7 Å². The van der Waals surface area contributed by atoms with Gasteiger partial charge in [0.2, 0.25) is 0 Å². The van der Waals surface area contributed by atoms with E-state index in [0.717, 1.165) is 25.9 Å². The van der Waals surface area contributed by atoms with Crippen LogP contribution in [0.25, 0.3) is 0 Å². The van der Waals surface area contributed by atoms with Crippen LogP contribution in [0.4, 0.5) is 14.9 Å². The molecule has 0 saturated carbocycles. The zero-order valence-electron chi connectivity index (χ0n) is 11.3. The Hall–Kier alpha value is -1.66. The molecular weight excluding hydrogens is 261 g/mol. The molecular formula is C14H20FN3O2. The second kappa shape index (κ2) is 7.81. The number of urea groups is 1. The first-order valence-electron chi connectivity index (χ1n) is 6.87. The Morgan fingerprint density at radius 1 is 1.35 bits per heavy atom. The van der Waals surface area contributed by atoms with E-state index in [9.17, 15) is 9.18 Å². The summed E-state index contributed by atoms with van der Waals surface area (Å²) in [6.07, 6.45) is 2.27. The maximum atomic E-state index is 13.3. The van der Waals surface area contributed by atoms with E-state index in [-0.39, 0.29) is 11.8 Å². The van der Waals surface area contributed by atoms with Gasteiger partial charge >= 0.3 is 6.03 Å². The van der Waals surface area contributed by atoms with Crippen LogP contribution in [0.2, 0.25) is 0 Å². The highest BCUT2D eigenvalue weighted by Crippen LogP contribution is 2.11. The lowest BCUT2D eigenvalue weighted by Crippen LogP contribution is -2.36. The Kier molecular flexibility index (Phi) is 5.76. The molecule has 1 aliphatic heterocycles. The van der Waals surface area contributed by atoms with Crippen LogP contribution in [0.5, 0.6) is 0 Å². The van der Waals surface area contributed by atoms with E-state index >= 15 is 0 Å². The normalized spacial score (nSPS) is 15.8. The highest BCUT2D eigenvalue weighted by Gasteiger charge is 2.12. The van der Waals surface area contributed by atoms with Gasteiger partial charge in [-0.15, -0.1) is 0 Å². The van der Waals surface area contributed by atoms with E-state index in [0.29, 0.717) is 13.2 Å². The van der Waals surface area contributed by atoms with Crippen LogP contribution in [0.3, 0.4) is 0 Å². The van der Waals surface area contributed by atoms with Crippen molar-refractivity contribution >= 4 is 11.7 Å². The van der Waals surface area contributed by atoms with Gasteiger partial charge in [-0.25, -0.2) is 9.18 Å². The van der Waals surface area contributed by atoms with Crippen molar-refractivity contribution in [2.45, 2.75) is 18.9 Å². The molecule has 1 aliphatic rings. The number of para-hydroxylation sites is 1. The number of hydrogen-bond donors (Lipinski definition) is 3. The average Bonchev–Trinajstić information content (AvgIpc) is 2.47. The molecule has 6 heteroatoms. The van der Waals surface area contributed by atoms with Gasteiger partial charge in [0.15, 0.2) is 0 Å². The third-order valence-corrected chi connectivity index (χ3v) is 3.15. The molecule has 1 aromatic rings. The number of hydrogen-bond acceptors (Lipinski definition) is 3. The first-order valence-corrected chi connectivity index (χ1v) is 6.87. The number of nitrogens with one attached hydrogen (secondary N) is 3. The summed E-state index contributed by atoms with van der Waals surface area (Å²) < 4.78 is 19.0. The van der Waals surface area contributed by atoms with Crippen molar-refractivity contribution in [1.82, 2.24) is 10.6 Å². The summed E-state index contributed by atoms with van der Waals surface area (Å²) in [5.74, 6) is -0.450. The number of carbonyl (C=O) groups is 1. The summed E-state index contributed by atoms with van der Waals surface area (Å²) in [5.41, 5.74) is 0.171. The van der Waals surface area contributed by atoms with E-state index in [1.807, 2.05) is 0 Å². The summed E-state index contributed by atoms with van der Waals surface area (Å²) >= 11 is 0. The lowest BCUT2D eigenvalue weighted by molar-refractivity contribution is 0.0358. The van der Waals surface area contributed by atoms with Crippen molar-refractivity contribution < 1.29 is 13.9 Å². The Morgan fingerprint density at radius 3 is 2.85 bits per heavy atom. The lowest BCUT2D eigenvalue weighted by atomic mass is 10.1. The van der Waals surface area contributed by atoms with E-state index < -0.39 is 11.8 Å². The second-order valence-corrected chi connectivity index (χ2v) is 4.68. The molecule has 0 spiro atoms. The number of benzene rings is 1. The van der Waals surface area contributed by atoms with Gasteiger partial charge in [0.1, 0.15) is 5.82 Å². The minimum absolute atomic E-state index is 0.171. The van der Waals surface area contributed by atoms with E-state index in [2.05, 4.69) is 16.0 Å². The fraction of sp³-hybridized carbons (Fsp3) is 0.500. The maximum Gasteiger partial charge on any atom is 0.319 e. The predicted molar refractivity (Wildman–Crippen MR) is 75.3 cm³/mol. The summed E-state index contributed by atoms with van der Waals surface area (Å²) in [7, 11) is 0. The fourth-order valence-electron chi connectivity index (χ4n) is 2.08. The molecule has 0 atom stereocenters. The fourth-order valence-corrected chi connectivity index (χ4v) is 2.08. The van der Waals surface area contributed by atoms with E-state index in [1.54, 1.807) is 12.1 Å². The van der Waals surface area contributed by atoms with Crippen molar-refractivity contribution in [3.05, 3.63) is 30.1 Å². The number of rotatable bonds is 5. The lowest BCUT2D eigenvalue weighted by Gasteiger charge is -2.22. The minimum Gasteiger partial charge on any atom is -0.376 e. The Labute approximate surface area is 117 Å². The number of ether oxygens (including phenoxy) is 1. The largest absolute Gasteiger partial charge is 0.376 e. The van der Waals surface area contributed by atoms with Crippen molar-refractivity contribution in [1.29, 1.82) is 0 Å². The molecule has 0 aliphatic carbocycles. The molecule has 1 saturated heterocycles. The number of halogens is 1. The van der Waals surface area contributed by atoms with Gasteiger partial charge in [-0.3, -0.25) is 0 Å². The smallest absolute Gasteiger partial charge is 0.319 e. The quantitative estimate of drug-likeness (QED) is 0.720. The van der Waals surface area contributed by atoms with Gasteiger partial charge in [0, 0.05) is 6.54 Å². The first-order chi connectivity index (χ1) is 9.75. The molecule has 0 bridgehead atoms. The topological polar surface area (TPSA) is 62.4 Å². The maximum absolute atomic E-state index is 13.3. The Morgan fingerprint density at radius 2 is 2.10 bits per heavy atom. The first kappa shape index (κ1) is 14.7. The van der Waals surface area contributed by atoms with Gasteiger partial charge in [0.25, 0.3) is 0 Å². The van der Waals surface area contributed by atoms with Gasteiger partial charge in [0.05, 0.1) is 18.4 Å². The molecule has 1 aromatic carbocycles. The van der Waals surface area contributed by atoms with Crippen molar-refractivity contribution in [3.63, 3.8) is 0 Å². The predicted octanol–water partition coefficient (Wildman–Crippen LogP) is 1.72. The molecule has 0 unspecified atom stereocenters. The molecule has 0 aromatic heterocycles. The minimum atomic E-state index is -0.450.